The zero-order chi connectivity index (χ0) is 63.0. The number of ether oxygens (including phenoxy) is 12. The van der Waals surface area contributed by atoms with Crippen LogP contribution in [0.1, 0.15) is 45.2 Å². The van der Waals surface area contributed by atoms with E-state index in [1.165, 1.54) is 51.7 Å². The van der Waals surface area contributed by atoms with Crippen LogP contribution in [0.4, 0.5) is 19.2 Å². The van der Waals surface area contributed by atoms with Crippen molar-refractivity contribution < 1.29 is 95.2 Å². The fourth-order valence-electron chi connectivity index (χ4n) is 6.51. The Morgan fingerprint density at radius 2 is 0.605 bits per heavy atom. The van der Waals surface area contributed by atoms with Crippen LogP contribution in [0.15, 0.2) is 218 Å². The molecule has 8 aromatic rings. The van der Waals surface area contributed by atoms with Gasteiger partial charge in [0.15, 0.2) is 11.9 Å². The van der Waals surface area contributed by atoms with E-state index in [0.717, 1.165) is 6.42 Å². The second kappa shape index (κ2) is 38.4. The van der Waals surface area contributed by atoms with Crippen molar-refractivity contribution in [2.45, 2.75) is 13.3 Å². The molecule has 1 unspecified atom stereocenters. The summed E-state index contributed by atoms with van der Waals surface area (Å²) in [7, 11) is 4.09. The normalized spacial score (nSPS) is 9.71. The minimum absolute atomic E-state index is 0.00467. The van der Waals surface area contributed by atoms with Crippen molar-refractivity contribution in [3.8, 4) is 46.0 Å². The second-order valence-corrected chi connectivity index (χ2v) is 16.0. The predicted molar refractivity (Wildman–Crippen MR) is 318 cm³/mol. The molecule has 0 aliphatic carbocycles. The lowest BCUT2D eigenvalue weighted by atomic mass is 10.2. The van der Waals surface area contributed by atoms with Gasteiger partial charge in [0.25, 0.3) is 0 Å². The van der Waals surface area contributed by atoms with Crippen molar-refractivity contribution in [3.63, 3.8) is 0 Å². The number of methoxy groups -OCH3 is 3. The lowest BCUT2D eigenvalue weighted by Crippen LogP contribution is -2.17. The molecule has 442 valence electrons. The second-order valence-electron chi connectivity index (χ2n) is 16.0. The first kappa shape index (κ1) is 65.5. The lowest BCUT2D eigenvalue weighted by Gasteiger charge is -2.11. The van der Waals surface area contributed by atoms with E-state index in [2.05, 4.69) is 9.47 Å². The minimum Gasteiger partial charge on any atom is -0.486 e. The first-order chi connectivity index (χ1) is 42.3. The van der Waals surface area contributed by atoms with Gasteiger partial charge in [-0.3, -0.25) is 0 Å². The highest BCUT2D eigenvalue weighted by atomic mass is 31.0. The summed E-state index contributed by atoms with van der Waals surface area (Å²) in [5.74, 6) is 3.91. The average molecular weight is 1190 g/mol. The highest BCUT2D eigenvalue weighted by molar-refractivity contribution is 7.15. The topological polar surface area (TPSA) is 247 Å². The monoisotopic (exact) mass is 1190 g/mol. The van der Waals surface area contributed by atoms with Crippen LogP contribution in [0.3, 0.4) is 0 Å². The molecule has 21 heteroatoms. The van der Waals surface area contributed by atoms with Gasteiger partial charge in [-0.1, -0.05) is 135 Å². The fraction of sp³-hybridized carbons (Fsp3) is 0.108. The average Bonchev–Trinajstić information content (AvgIpc) is 3.74. The summed E-state index contributed by atoms with van der Waals surface area (Å²) in [5.41, 5.74) is 0.803. The van der Waals surface area contributed by atoms with Crippen LogP contribution < -0.4 is 37.9 Å². The third kappa shape index (κ3) is 23.3. The Balaban J connectivity index is 0.000000246. The first-order valence-corrected chi connectivity index (χ1v) is 26.4. The number of rotatable bonds is 16. The zero-order valence-corrected chi connectivity index (χ0v) is 47.9. The molecule has 0 heterocycles. The molecule has 8 aromatic carbocycles. The number of esters is 2. The van der Waals surface area contributed by atoms with Crippen LogP contribution in [-0.2, 0) is 28.5 Å². The van der Waals surface area contributed by atoms with Gasteiger partial charge in [-0.25, -0.2) is 38.4 Å². The van der Waals surface area contributed by atoms with Crippen molar-refractivity contribution in [2.24, 2.45) is 0 Å². The fourth-order valence-corrected chi connectivity index (χ4v) is 6.51. The van der Waals surface area contributed by atoms with Crippen molar-refractivity contribution >= 4 is 69.1 Å². The highest BCUT2D eigenvalue weighted by Gasteiger charge is 2.21. The number of carbonyl (C=O) groups excluding carboxylic acids is 8. The molecule has 1 atom stereocenters. The summed E-state index contributed by atoms with van der Waals surface area (Å²) in [6.45, 7) is 4.11. The molecule has 8 rings (SSSR count). The van der Waals surface area contributed by atoms with Crippen molar-refractivity contribution in [1.29, 1.82) is 1.28 Å². The van der Waals surface area contributed by atoms with Crippen LogP contribution in [0.5, 0.6) is 46.0 Å². The number of carbonyl (C=O) groups is 6. The van der Waals surface area contributed by atoms with Gasteiger partial charge in [0.05, 0.1) is 40.3 Å². The quantitative estimate of drug-likeness (QED) is 0.0287. The summed E-state index contributed by atoms with van der Waals surface area (Å²) in [6.07, 6.45) is -2.91. The molecule has 0 N–H and O–H groups in total. The largest absolute Gasteiger partial charge is 0.519 e. The van der Waals surface area contributed by atoms with Gasteiger partial charge in [-0.05, 0) is 103 Å². The Kier molecular flexibility index (Phi) is 29.3. The minimum atomic E-state index is -1.11. The molecule has 0 spiro atoms. The zero-order valence-electron chi connectivity index (χ0n) is 47.9. The van der Waals surface area contributed by atoms with Crippen LogP contribution in [0.25, 0.3) is 11.5 Å². The molecular formula is C65H57O20P. The van der Waals surface area contributed by atoms with E-state index < -0.39 is 36.6 Å². The summed E-state index contributed by atoms with van der Waals surface area (Å²) >= 11 is 0. The molecule has 0 saturated carbocycles. The summed E-state index contributed by atoms with van der Waals surface area (Å²) in [5, 5.41) is 0. The molecule has 0 fully saturated rings. The van der Waals surface area contributed by atoms with Crippen LogP contribution >= 0.6 is 9.18 Å². The van der Waals surface area contributed by atoms with Crippen molar-refractivity contribution in [2.75, 3.05) is 34.6 Å². The van der Waals surface area contributed by atoms with Crippen LogP contribution in [-0.4, -0.2) is 84.3 Å². The Labute approximate surface area is 498 Å². The number of hydrogen-bond donors (Lipinski definition) is 0. The predicted octanol–water partition coefficient (Wildman–Crippen LogP) is 13.5. The third-order valence-electron chi connectivity index (χ3n) is 10.2. The van der Waals surface area contributed by atoms with Gasteiger partial charge in [0.2, 0.25) is 11.5 Å². The molecule has 0 bridgehead atoms. The number of benzene rings is 8. The smallest absolute Gasteiger partial charge is 0.486 e. The third-order valence-corrected chi connectivity index (χ3v) is 10.2. The standard InChI is InChI=1S/C18H16O5.C17H14O7.C16H12O5.C13H10O3.CH5P/c1-2-12-21-17(13-19)15-10-6-7-11-16(15)23-18(20)22-14-8-4-3-5-9-14;1-21-15(18)11-7-3-5-9-13(11)23-17(20)24-14-10-6-4-8-12(14)16(19)22-2;1-19-15(11-17)13-9-5-6-10-14(13)21-16(18)20-12-7-3-2-4-8-12;14-13(15-11-7-3-1-4-8-11)16-12-9-5-2-6-10-12;1-2/h3-11H,2,12H2,1H3;3-10H,1-2H3;2-10H,1H3;1-10H;2H2,1H3/i;;;;2D. The molecular weight excluding hydrogens is 1130 g/mol. The van der Waals surface area contributed by atoms with E-state index >= 15 is 0 Å². The Morgan fingerprint density at radius 3 is 0.884 bits per heavy atom. The summed E-state index contributed by atoms with van der Waals surface area (Å²) in [4.78, 5) is 92.1. The molecule has 86 heavy (non-hydrogen) atoms. The van der Waals surface area contributed by atoms with Crippen LogP contribution in [0, 0.1) is 0 Å². The van der Waals surface area contributed by atoms with Gasteiger partial charge in [-0.2, -0.15) is 0 Å². The van der Waals surface area contributed by atoms with E-state index in [0.29, 0.717) is 49.9 Å². The van der Waals surface area contributed by atoms with Crippen molar-refractivity contribution in [1.82, 2.24) is 0 Å². The van der Waals surface area contributed by atoms with E-state index in [1.807, 2.05) is 25.7 Å². The lowest BCUT2D eigenvalue weighted by molar-refractivity contribution is 0.0590. The Hall–Kier alpha value is -11.3. The van der Waals surface area contributed by atoms with E-state index in [-0.39, 0.29) is 45.6 Å². The summed E-state index contributed by atoms with van der Waals surface area (Å²) in [6, 6.07) is 59.7. The van der Waals surface area contributed by atoms with Gasteiger partial charge in [-0.15, -0.1) is 9.18 Å². The number of para-hydroxylation sites is 8. The molecule has 0 aliphatic heterocycles. The summed E-state index contributed by atoms with van der Waals surface area (Å²) < 4.78 is 66.0. The molecule has 0 radical (unpaired) electrons. The van der Waals surface area contributed by atoms with Crippen LogP contribution in [0.2, 0.25) is 0 Å². The van der Waals surface area contributed by atoms with Gasteiger partial charge in [0, 0.05) is 0 Å². The molecule has 0 amide bonds. The van der Waals surface area contributed by atoms with Gasteiger partial charge >= 0.3 is 36.6 Å². The van der Waals surface area contributed by atoms with E-state index in [4.69, 9.17) is 48.6 Å². The first-order valence-electron chi connectivity index (χ1n) is 25.9. The molecule has 0 aromatic heterocycles. The molecule has 0 aliphatic rings. The van der Waals surface area contributed by atoms with Gasteiger partial charge < -0.3 is 56.8 Å². The SMILES string of the molecule is CCCOC(=C=O)c1ccccc1OC(=O)Oc1ccccc1.COC(=C=O)c1ccccc1OC(=O)Oc1ccccc1.COC(=O)c1ccccc1OC(=O)Oc1ccccc1C(=O)OC.O=C(Oc1ccccc1)Oc1ccccc1.[2H]PC. The number of hydrogen-bond acceptors (Lipinski definition) is 20. The van der Waals surface area contributed by atoms with E-state index in [9.17, 15) is 38.4 Å². The Bertz CT molecular complexity index is 3450. The maximum Gasteiger partial charge on any atom is 0.519 e. The van der Waals surface area contributed by atoms with E-state index in [1.54, 1.807) is 188 Å². The molecule has 0 saturated heterocycles. The molecule has 20 nitrogen and oxygen atoms in total. The maximum absolute atomic E-state index is 12.0. The highest BCUT2D eigenvalue weighted by Crippen LogP contribution is 2.28. The Morgan fingerprint density at radius 1 is 0.360 bits per heavy atom. The van der Waals surface area contributed by atoms with Crippen molar-refractivity contribution in [3.05, 3.63) is 241 Å². The maximum atomic E-state index is 12.0. The van der Waals surface area contributed by atoms with Gasteiger partial charge in [0.1, 0.15) is 57.1 Å².